The molecule has 0 aliphatic rings. The lowest BCUT2D eigenvalue weighted by atomic mass is 10.2. The van der Waals surface area contributed by atoms with E-state index < -0.39 is 12.0 Å². The standard InChI is InChI=1S/C6H10N2O3/c7-3-1-2-5(6(10)11)8-4-9/h5H,1-3,7H2,(H,10,11). The minimum Gasteiger partial charge on any atom is -0.480 e. The van der Waals surface area contributed by atoms with Crippen molar-refractivity contribution < 1.29 is 14.7 Å². The van der Waals surface area contributed by atoms with Crippen LogP contribution in [0.2, 0.25) is 0 Å². The van der Waals surface area contributed by atoms with Gasteiger partial charge in [0.05, 0.1) is 0 Å². The van der Waals surface area contributed by atoms with Gasteiger partial charge in [-0.3, -0.25) is 0 Å². The summed E-state index contributed by atoms with van der Waals surface area (Å²) in [5.41, 5.74) is 5.14. The van der Waals surface area contributed by atoms with Crippen molar-refractivity contribution in [3.05, 3.63) is 0 Å². The van der Waals surface area contributed by atoms with Gasteiger partial charge in [-0.15, -0.1) is 0 Å². The van der Waals surface area contributed by atoms with Crippen LogP contribution in [0.3, 0.4) is 0 Å². The lowest BCUT2D eigenvalue weighted by Crippen LogP contribution is -2.18. The normalized spacial score (nSPS) is 11.7. The van der Waals surface area contributed by atoms with Crippen molar-refractivity contribution in [2.24, 2.45) is 10.7 Å². The Balaban J connectivity index is 3.89. The molecule has 0 heterocycles. The van der Waals surface area contributed by atoms with Crippen LogP contribution in [0.25, 0.3) is 0 Å². The number of nitrogens with two attached hydrogens (primary N) is 1. The maximum absolute atomic E-state index is 10.3. The number of aliphatic imine (C=N–C) groups is 1. The van der Waals surface area contributed by atoms with E-state index in [1.165, 1.54) is 6.08 Å². The molecule has 0 fully saturated rings. The van der Waals surface area contributed by atoms with Crippen molar-refractivity contribution >= 4 is 12.0 Å². The highest BCUT2D eigenvalue weighted by Gasteiger charge is 2.14. The quantitative estimate of drug-likeness (QED) is 0.417. The van der Waals surface area contributed by atoms with Crippen LogP contribution >= 0.6 is 0 Å². The molecule has 0 bridgehead atoms. The molecule has 0 rings (SSSR count). The summed E-state index contributed by atoms with van der Waals surface area (Å²) in [6.07, 6.45) is 2.05. The molecule has 0 saturated carbocycles. The highest BCUT2D eigenvalue weighted by Crippen LogP contribution is 1.99. The van der Waals surface area contributed by atoms with Gasteiger partial charge < -0.3 is 10.8 Å². The number of carbonyl (C=O) groups is 1. The zero-order valence-electron chi connectivity index (χ0n) is 5.99. The first-order chi connectivity index (χ1) is 5.22. The third-order valence-corrected chi connectivity index (χ3v) is 1.18. The van der Waals surface area contributed by atoms with Crippen molar-refractivity contribution in [2.75, 3.05) is 6.54 Å². The van der Waals surface area contributed by atoms with Crippen LogP contribution in [0.15, 0.2) is 4.99 Å². The smallest absolute Gasteiger partial charge is 0.329 e. The summed E-state index contributed by atoms with van der Waals surface area (Å²) in [4.78, 5) is 23.1. The second-order valence-electron chi connectivity index (χ2n) is 2.01. The largest absolute Gasteiger partial charge is 0.480 e. The number of isocyanates is 1. The Labute approximate surface area is 63.9 Å². The molecule has 11 heavy (non-hydrogen) atoms. The fraction of sp³-hybridized carbons (Fsp3) is 0.667. The van der Waals surface area contributed by atoms with Crippen molar-refractivity contribution in [1.29, 1.82) is 0 Å². The Morgan fingerprint density at radius 2 is 2.36 bits per heavy atom. The average Bonchev–Trinajstić information content (AvgIpc) is 1.97. The van der Waals surface area contributed by atoms with Crippen LogP contribution in [-0.2, 0) is 9.59 Å². The molecule has 1 atom stereocenters. The highest BCUT2D eigenvalue weighted by atomic mass is 16.4. The maximum atomic E-state index is 10.3. The molecule has 0 spiro atoms. The number of hydrogen-bond donors (Lipinski definition) is 2. The molecular weight excluding hydrogens is 148 g/mol. The average molecular weight is 158 g/mol. The molecule has 0 aliphatic carbocycles. The Morgan fingerprint density at radius 1 is 1.73 bits per heavy atom. The Bertz CT molecular complexity index is 173. The van der Waals surface area contributed by atoms with E-state index in [0.29, 0.717) is 19.4 Å². The topological polar surface area (TPSA) is 92.8 Å². The molecule has 3 N–H and O–H groups in total. The number of nitrogens with zero attached hydrogens (tertiary/aromatic N) is 1. The van der Waals surface area contributed by atoms with Gasteiger partial charge in [0.25, 0.3) is 0 Å². The van der Waals surface area contributed by atoms with E-state index in [4.69, 9.17) is 10.8 Å². The molecule has 5 nitrogen and oxygen atoms in total. The number of rotatable bonds is 5. The maximum Gasteiger partial charge on any atom is 0.329 e. The summed E-state index contributed by atoms with van der Waals surface area (Å²) in [5, 5.41) is 8.42. The molecule has 0 saturated heterocycles. The zero-order valence-corrected chi connectivity index (χ0v) is 5.99. The first kappa shape index (κ1) is 9.81. The molecule has 0 aromatic heterocycles. The van der Waals surface area contributed by atoms with Gasteiger partial charge in [-0.25, -0.2) is 9.59 Å². The minimum absolute atomic E-state index is 0.293. The van der Waals surface area contributed by atoms with Crippen LogP contribution in [0.1, 0.15) is 12.8 Å². The van der Waals surface area contributed by atoms with E-state index in [2.05, 4.69) is 4.99 Å². The first-order valence-electron chi connectivity index (χ1n) is 3.22. The zero-order chi connectivity index (χ0) is 8.69. The predicted molar refractivity (Wildman–Crippen MR) is 37.8 cm³/mol. The molecule has 0 aromatic rings. The van der Waals surface area contributed by atoms with Crippen LogP contribution in [0.4, 0.5) is 0 Å². The highest BCUT2D eigenvalue weighted by molar-refractivity contribution is 5.74. The lowest BCUT2D eigenvalue weighted by Gasteiger charge is -2.01. The molecule has 1 unspecified atom stereocenters. The van der Waals surface area contributed by atoms with E-state index in [1.807, 2.05) is 0 Å². The van der Waals surface area contributed by atoms with Gasteiger partial charge in [0.15, 0.2) is 6.04 Å². The lowest BCUT2D eigenvalue weighted by molar-refractivity contribution is -0.138. The number of carboxylic acid groups (broad SMARTS) is 1. The molecule has 62 valence electrons. The third kappa shape index (κ3) is 4.25. The fourth-order valence-electron chi connectivity index (χ4n) is 0.618. The van der Waals surface area contributed by atoms with Gasteiger partial charge in [0.1, 0.15) is 0 Å². The van der Waals surface area contributed by atoms with E-state index in [1.54, 1.807) is 0 Å². The molecule has 0 aliphatic heterocycles. The van der Waals surface area contributed by atoms with Crippen LogP contribution in [-0.4, -0.2) is 29.7 Å². The van der Waals surface area contributed by atoms with E-state index >= 15 is 0 Å². The Hall–Kier alpha value is -1.19. The summed E-state index contributed by atoms with van der Waals surface area (Å²) in [6.45, 7) is 0.401. The number of carbonyl (C=O) groups excluding carboxylic acids is 1. The third-order valence-electron chi connectivity index (χ3n) is 1.18. The van der Waals surface area contributed by atoms with Gasteiger partial charge in [-0.05, 0) is 19.4 Å². The van der Waals surface area contributed by atoms with Gasteiger partial charge in [-0.2, -0.15) is 4.99 Å². The Morgan fingerprint density at radius 3 is 2.73 bits per heavy atom. The number of hydrogen-bond acceptors (Lipinski definition) is 4. The van der Waals surface area contributed by atoms with Crippen LogP contribution in [0, 0.1) is 0 Å². The Kier molecular flexibility index (Phi) is 4.98. The molecule has 0 aromatic carbocycles. The van der Waals surface area contributed by atoms with Crippen molar-refractivity contribution in [3.8, 4) is 0 Å². The molecule has 0 radical (unpaired) electrons. The fourth-order valence-corrected chi connectivity index (χ4v) is 0.618. The number of aliphatic carboxylic acids is 1. The van der Waals surface area contributed by atoms with Crippen LogP contribution in [0.5, 0.6) is 0 Å². The van der Waals surface area contributed by atoms with Gasteiger partial charge in [-0.1, -0.05) is 0 Å². The van der Waals surface area contributed by atoms with Crippen molar-refractivity contribution in [1.82, 2.24) is 0 Å². The second kappa shape index (κ2) is 5.58. The summed E-state index contributed by atoms with van der Waals surface area (Å²) in [7, 11) is 0. The van der Waals surface area contributed by atoms with Gasteiger partial charge in [0, 0.05) is 0 Å². The van der Waals surface area contributed by atoms with Gasteiger partial charge in [0.2, 0.25) is 6.08 Å². The first-order valence-corrected chi connectivity index (χ1v) is 3.22. The van der Waals surface area contributed by atoms with E-state index in [9.17, 15) is 9.59 Å². The summed E-state index contributed by atoms with van der Waals surface area (Å²) in [6, 6.07) is -0.976. The summed E-state index contributed by atoms with van der Waals surface area (Å²) in [5.74, 6) is -1.11. The predicted octanol–water partition coefficient (Wildman–Crippen LogP) is -0.486. The van der Waals surface area contributed by atoms with E-state index in [-0.39, 0.29) is 0 Å². The van der Waals surface area contributed by atoms with Crippen molar-refractivity contribution in [3.63, 3.8) is 0 Å². The van der Waals surface area contributed by atoms with Gasteiger partial charge >= 0.3 is 5.97 Å². The van der Waals surface area contributed by atoms with Crippen LogP contribution < -0.4 is 5.73 Å². The van der Waals surface area contributed by atoms with E-state index in [0.717, 1.165) is 0 Å². The summed E-state index contributed by atoms with van der Waals surface area (Å²) < 4.78 is 0. The SMILES string of the molecule is NCCCC(N=C=O)C(=O)O. The molecule has 5 heteroatoms. The van der Waals surface area contributed by atoms with Crippen molar-refractivity contribution in [2.45, 2.75) is 18.9 Å². The molecule has 0 amide bonds. The second-order valence-corrected chi connectivity index (χ2v) is 2.01. The molecular formula is C6H10N2O3. The summed E-state index contributed by atoms with van der Waals surface area (Å²) >= 11 is 0. The minimum atomic E-state index is -1.11. The number of carboxylic acids is 1. The monoisotopic (exact) mass is 158 g/mol.